The Hall–Kier alpha value is -0.830. The van der Waals surface area contributed by atoms with E-state index in [0.29, 0.717) is 5.92 Å². The van der Waals surface area contributed by atoms with Crippen molar-refractivity contribution in [3.8, 4) is 0 Å². The molecule has 0 unspecified atom stereocenters. The number of rotatable bonds is 1. The summed E-state index contributed by atoms with van der Waals surface area (Å²) in [5.41, 5.74) is 1.46. The molecule has 2 aliphatic heterocycles. The minimum atomic E-state index is 0.658. The molecule has 0 bridgehead atoms. The van der Waals surface area contributed by atoms with E-state index < -0.39 is 0 Å². The molecule has 0 amide bonds. The highest BCUT2D eigenvalue weighted by atomic mass is 15.1. The van der Waals surface area contributed by atoms with Crippen LogP contribution in [0.3, 0.4) is 0 Å². The first-order valence-electron chi connectivity index (χ1n) is 6.20. The molecule has 3 rings (SSSR count). The van der Waals surface area contributed by atoms with E-state index in [9.17, 15) is 0 Å². The fourth-order valence-corrected chi connectivity index (χ4v) is 2.86. The van der Waals surface area contributed by atoms with Crippen molar-refractivity contribution in [1.82, 2.24) is 14.9 Å². The molecule has 0 aliphatic carbocycles. The highest BCUT2D eigenvalue weighted by Crippen LogP contribution is 2.26. The SMILES string of the molecule is c1nc([C@H]2CCCNC2)n2c1CCCC2. The number of aryl methyl sites for hydroxylation is 1. The second kappa shape index (κ2) is 3.97. The summed E-state index contributed by atoms with van der Waals surface area (Å²) in [6, 6.07) is 0. The van der Waals surface area contributed by atoms with Crippen molar-refractivity contribution in [3.05, 3.63) is 17.7 Å². The maximum atomic E-state index is 4.64. The zero-order chi connectivity index (χ0) is 10.1. The van der Waals surface area contributed by atoms with Crippen molar-refractivity contribution in [3.63, 3.8) is 0 Å². The van der Waals surface area contributed by atoms with Crippen LogP contribution in [0.5, 0.6) is 0 Å². The van der Waals surface area contributed by atoms with Crippen LogP contribution in [0.4, 0.5) is 0 Å². The minimum Gasteiger partial charge on any atom is -0.332 e. The van der Waals surface area contributed by atoms with Gasteiger partial charge in [0.05, 0.1) is 0 Å². The zero-order valence-electron chi connectivity index (χ0n) is 9.21. The standard InChI is InChI=1S/C12H19N3/c1-2-7-15-11(5-1)9-14-12(15)10-4-3-6-13-8-10/h9-10,13H,1-8H2/t10-/m0/s1. The lowest BCUT2D eigenvalue weighted by Crippen LogP contribution is -2.30. The summed E-state index contributed by atoms with van der Waals surface area (Å²) in [6.07, 6.45) is 8.61. The lowest BCUT2D eigenvalue weighted by atomic mass is 9.98. The zero-order valence-corrected chi connectivity index (χ0v) is 9.21. The molecular formula is C12H19N3. The molecular weight excluding hydrogens is 186 g/mol. The van der Waals surface area contributed by atoms with Gasteiger partial charge in [-0.1, -0.05) is 0 Å². The molecule has 0 aromatic carbocycles. The Labute approximate surface area is 90.9 Å². The van der Waals surface area contributed by atoms with Crippen LogP contribution >= 0.6 is 0 Å². The van der Waals surface area contributed by atoms with Crippen molar-refractivity contribution in [2.75, 3.05) is 13.1 Å². The quantitative estimate of drug-likeness (QED) is 0.756. The average molecular weight is 205 g/mol. The number of hydrogen-bond donors (Lipinski definition) is 1. The molecule has 3 heterocycles. The van der Waals surface area contributed by atoms with E-state index in [0.717, 1.165) is 6.54 Å². The van der Waals surface area contributed by atoms with Crippen molar-refractivity contribution >= 4 is 0 Å². The predicted molar refractivity (Wildman–Crippen MR) is 60.0 cm³/mol. The lowest BCUT2D eigenvalue weighted by molar-refractivity contribution is 0.417. The van der Waals surface area contributed by atoms with Gasteiger partial charge in [0, 0.05) is 30.9 Å². The van der Waals surface area contributed by atoms with E-state index in [1.54, 1.807) is 0 Å². The van der Waals surface area contributed by atoms with Gasteiger partial charge < -0.3 is 9.88 Å². The van der Waals surface area contributed by atoms with Crippen LogP contribution in [0.25, 0.3) is 0 Å². The normalized spacial score (nSPS) is 26.3. The van der Waals surface area contributed by atoms with Gasteiger partial charge in [-0.2, -0.15) is 0 Å². The third-order valence-corrected chi connectivity index (χ3v) is 3.70. The van der Waals surface area contributed by atoms with Crippen molar-refractivity contribution in [2.45, 2.75) is 44.6 Å². The van der Waals surface area contributed by atoms with Crippen LogP contribution in [0.15, 0.2) is 6.20 Å². The Balaban J connectivity index is 1.87. The van der Waals surface area contributed by atoms with Crippen molar-refractivity contribution in [1.29, 1.82) is 0 Å². The summed E-state index contributed by atoms with van der Waals surface area (Å²) < 4.78 is 2.47. The third-order valence-electron chi connectivity index (χ3n) is 3.70. The van der Waals surface area contributed by atoms with Crippen LogP contribution < -0.4 is 5.32 Å². The Kier molecular flexibility index (Phi) is 2.49. The van der Waals surface area contributed by atoms with Gasteiger partial charge in [0.25, 0.3) is 0 Å². The number of imidazole rings is 1. The van der Waals surface area contributed by atoms with Crippen LogP contribution in [0.1, 0.15) is 43.1 Å². The maximum Gasteiger partial charge on any atom is 0.113 e. The Morgan fingerprint density at radius 1 is 1.33 bits per heavy atom. The molecule has 1 N–H and O–H groups in total. The summed E-state index contributed by atoms with van der Waals surface area (Å²) in [5.74, 6) is 2.00. The second-order valence-electron chi connectivity index (χ2n) is 4.76. The number of nitrogens with one attached hydrogen (secondary N) is 1. The first-order chi connectivity index (χ1) is 7.45. The fraction of sp³-hybridized carbons (Fsp3) is 0.750. The van der Waals surface area contributed by atoms with Crippen LogP contribution in [0, 0.1) is 0 Å². The monoisotopic (exact) mass is 205 g/mol. The molecule has 0 radical (unpaired) electrons. The second-order valence-corrected chi connectivity index (χ2v) is 4.76. The van der Waals surface area contributed by atoms with Crippen LogP contribution in [0.2, 0.25) is 0 Å². The smallest absolute Gasteiger partial charge is 0.113 e. The predicted octanol–water partition coefficient (Wildman–Crippen LogP) is 1.69. The van der Waals surface area contributed by atoms with Crippen molar-refractivity contribution < 1.29 is 0 Å². The molecule has 3 nitrogen and oxygen atoms in total. The first-order valence-corrected chi connectivity index (χ1v) is 6.20. The number of aromatic nitrogens is 2. The molecule has 3 heteroatoms. The Morgan fingerprint density at radius 2 is 2.33 bits per heavy atom. The van der Waals surface area contributed by atoms with Crippen LogP contribution in [-0.4, -0.2) is 22.6 Å². The first kappa shape index (κ1) is 9.40. The van der Waals surface area contributed by atoms with E-state index in [-0.39, 0.29) is 0 Å². The number of fused-ring (bicyclic) bond motifs is 1. The largest absolute Gasteiger partial charge is 0.332 e. The van der Waals surface area contributed by atoms with Gasteiger partial charge in [-0.3, -0.25) is 0 Å². The Bertz CT molecular complexity index is 337. The maximum absolute atomic E-state index is 4.64. The molecule has 2 aliphatic rings. The van der Waals surface area contributed by atoms with Gasteiger partial charge >= 0.3 is 0 Å². The van der Waals surface area contributed by atoms with Gasteiger partial charge in [-0.15, -0.1) is 0 Å². The number of hydrogen-bond acceptors (Lipinski definition) is 2. The molecule has 0 saturated carbocycles. The van der Waals surface area contributed by atoms with E-state index in [1.807, 2.05) is 0 Å². The molecule has 1 fully saturated rings. The van der Waals surface area contributed by atoms with E-state index in [1.165, 1.54) is 56.7 Å². The summed E-state index contributed by atoms with van der Waals surface area (Å²) in [7, 11) is 0. The highest BCUT2D eigenvalue weighted by molar-refractivity contribution is 5.12. The summed E-state index contributed by atoms with van der Waals surface area (Å²) in [5, 5.41) is 3.48. The minimum absolute atomic E-state index is 0.658. The lowest BCUT2D eigenvalue weighted by Gasteiger charge is -2.25. The number of nitrogens with zero attached hydrogens (tertiary/aromatic N) is 2. The van der Waals surface area contributed by atoms with Gasteiger partial charge in [0.2, 0.25) is 0 Å². The van der Waals surface area contributed by atoms with Gasteiger partial charge in [-0.25, -0.2) is 4.98 Å². The third kappa shape index (κ3) is 1.69. The summed E-state index contributed by atoms with van der Waals surface area (Å²) in [6.45, 7) is 3.50. The molecule has 1 aromatic rings. The molecule has 1 aromatic heterocycles. The topological polar surface area (TPSA) is 29.9 Å². The van der Waals surface area contributed by atoms with E-state index in [2.05, 4.69) is 21.1 Å². The Morgan fingerprint density at radius 3 is 3.20 bits per heavy atom. The summed E-state index contributed by atoms with van der Waals surface area (Å²) in [4.78, 5) is 4.64. The molecule has 0 spiro atoms. The molecule has 82 valence electrons. The van der Waals surface area contributed by atoms with Crippen molar-refractivity contribution in [2.24, 2.45) is 0 Å². The van der Waals surface area contributed by atoms with Gasteiger partial charge in [0.1, 0.15) is 5.82 Å². The molecule has 1 saturated heterocycles. The fourth-order valence-electron chi connectivity index (χ4n) is 2.86. The molecule has 15 heavy (non-hydrogen) atoms. The average Bonchev–Trinajstić information content (AvgIpc) is 2.74. The van der Waals surface area contributed by atoms with E-state index >= 15 is 0 Å². The van der Waals surface area contributed by atoms with Crippen LogP contribution in [-0.2, 0) is 13.0 Å². The van der Waals surface area contributed by atoms with E-state index in [4.69, 9.17) is 0 Å². The van der Waals surface area contributed by atoms with Gasteiger partial charge in [-0.05, 0) is 38.6 Å². The molecule has 1 atom stereocenters. The summed E-state index contributed by atoms with van der Waals surface area (Å²) >= 11 is 0. The number of piperidine rings is 1. The highest BCUT2D eigenvalue weighted by Gasteiger charge is 2.22. The van der Waals surface area contributed by atoms with Gasteiger partial charge in [0.15, 0.2) is 0 Å².